The lowest BCUT2D eigenvalue weighted by molar-refractivity contribution is -0.155. The fraction of sp³-hybridized carbons (Fsp3) is 0.833. The van der Waals surface area contributed by atoms with Gasteiger partial charge in [0, 0.05) is 17.0 Å². The van der Waals surface area contributed by atoms with E-state index in [4.69, 9.17) is 21.4 Å². The van der Waals surface area contributed by atoms with Gasteiger partial charge in [-0.1, -0.05) is 0 Å². The first-order valence-electron chi connectivity index (χ1n) is 9.27. The standard InChI is InChI=1S/C18H27ClO6S/c19-11-3-5-12(6-4-11)25-16(20)2-1-9-26-13-7-8-14(17(21)22)15(10-13)18(23)24/h11-15H,1-10H2,(H,21,22)(H,23,24). The second-order valence-corrected chi connectivity index (χ2v) is 9.19. The van der Waals surface area contributed by atoms with Crippen LogP contribution in [0, 0.1) is 11.8 Å². The zero-order chi connectivity index (χ0) is 19.1. The second-order valence-electron chi connectivity index (χ2n) is 7.16. The summed E-state index contributed by atoms with van der Waals surface area (Å²) in [4.78, 5) is 34.4. The van der Waals surface area contributed by atoms with Gasteiger partial charge in [-0.05, 0) is 57.1 Å². The van der Waals surface area contributed by atoms with Gasteiger partial charge in [-0.15, -0.1) is 11.6 Å². The number of aliphatic carboxylic acids is 2. The van der Waals surface area contributed by atoms with Crippen LogP contribution in [0.25, 0.3) is 0 Å². The molecule has 0 saturated heterocycles. The van der Waals surface area contributed by atoms with E-state index in [0.29, 0.717) is 32.1 Å². The van der Waals surface area contributed by atoms with Crippen LogP contribution in [0.15, 0.2) is 0 Å². The minimum atomic E-state index is -1.03. The van der Waals surface area contributed by atoms with Gasteiger partial charge in [-0.25, -0.2) is 0 Å². The molecule has 0 amide bonds. The van der Waals surface area contributed by atoms with Crippen molar-refractivity contribution in [2.24, 2.45) is 11.8 Å². The minimum absolute atomic E-state index is 0.00669. The molecule has 3 atom stereocenters. The molecule has 0 heterocycles. The van der Waals surface area contributed by atoms with Crippen LogP contribution in [-0.4, -0.2) is 50.6 Å². The first kappa shape index (κ1) is 21.4. The molecule has 0 aliphatic heterocycles. The molecule has 0 aromatic heterocycles. The molecule has 2 rings (SSSR count). The molecule has 26 heavy (non-hydrogen) atoms. The minimum Gasteiger partial charge on any atom is -0.481 e. The molecule has 148 valence electrons. The molecule has 2 aliphatic carbocycles. The van der Waals surface area contributed by atoms with Crippen molar-refractivity contribution in [2.45, 2.75) is 74.5 Å². The first-order valence-corrected chi connectivity index (χ1v) is 10.8. The van der Waals surface area contributed by atoms with Crippen molar-refractivity contribution in [1.82, 2.24) is 0 Å². The summed E-state index contributed by atoms with van der Waals surface area (Å²) in [5, 5.41) is 18.7. The van der Waals surface area contributed by atoms with E-state index in [1.807, 2.05) is 0 Å². The van der Waals surface area contributed by atoms with Crippen LogP contribution in [0.2, 0.25) is 0 Å². The Morgan fingerprint density at radius 1 is 0.962 bits per heavy atom. The number of thioether (sulfide) groups is 1. The monoisotopic (exact) mass is 406 g/mol. The number of carboxylic acid groups (broad SMARTS) is 2. The van der Waals surface area contributed by atoms with E-state index in [-0.39, 0.29) is 22.7 Å². The fourth-order valence-corrected chi connectivity index (χ4v) is 5.25. The highest BCUT2D eigenvalue weighted by Crippen LogP contribution is 2.37. The maximum absolute atomic E-state index is 11.9. The van der Waals surface area contributed by atoms with E-state index in [9.17, 15) is 19.5 Å². The third-order valence-electron chi connectivity index (χ3n) is 5.22. The predicted molar refractivity (Wildman–Crippen MR) is 99.6 cm³/mol. The summed E-state index contributed by atoms with van der Waals surface area (Å²) in [6, 6.07) is 0. The average Bonchev–Trinajstić information content (AvgIpc) is 2.60. The number of carbonyl (C=O) groups excluding carboxylic acids is 1. The Morgan fingerprint density at radius 2 is 1.62 bits per heavy atom. The highest BCUT2D eigenvalue weighted by atomic mass is 35.5. The van der Waals surface area contributed by atoms with E-state index in [1.54, 1.807) is 11.8 Å². The summed E-state index contributed by atoms with van der Waals surface area (Å²) in [5.74, 6) is -3.09. The largest absolute Gasteiger partial charge is 0.481 e. The van der Waals surface area contributed by atoms with Gasteiger partial charge in [0.1, 0.15) is 6.10 Å². The van der Waals surface area contributed by atoms with Crippen molar-refractivity contribution in [3.63, 3.8) is 0 Å². The highest BCUT2D eigenvalue weighted by molar-refractivity contribution is 7.99. The van der Waals surface area contributed by atoms with Crippen molar-refractivity contribution >= 4 is 41.3 Å². The number of carboxylic acids is 2. The molecule has 0 spiro atoms. The number of ether oxygens (including phenoxy) is 1. The smallest absolute Gasteiger partial charge is 0.307 e. The maximum atomic E-state index is 11.9. The number of hydrogen-bond acceptors (Lipinski definition) is 5. The number of hydrogen-bond donors (Lipinski definition) is 2. The molecule has 8 heteroatoms. The van der Waals surface area contributed by atoms with Gasteiger partial charge in [-0.2, -0.15) is 11.8 Å². The van der Waals surface area contributed by atoms with Gasteiger partial charge in [0.25, 0.3) is 0 Å². The van der Waals surface area contributed by atoms with Crippen LogP contribution in [0.4, 0.5) is 0 Å². The van der Waals surface area contributed by atoms with E-state index < -0.39 is 23.8 Å². The fourth-order valence-electron chi connectivity index (χ4n) is 3.70. The van der Waals surface area contributed by atoms with E-state index >= 15 is 0 Å². The summed E-state index contributed by atoms with van der Waals surface area (Å²) in [7, 11) is 0. The SMILES string of the molecule is O=C(CCCSC1CCC(C(=O)O)C(C(=O)O)C1)OC1CCC(Cl)CC1. The van der Waals surface area contributed by atoms with Gasteiger partial charge in [0.2, 0.25) is 0 Å². The molecule has 6 nitrogen and oxygen atoms in total. The average molecular weight is 407 g/mol. The lowest BCUT2D eigenvalue weighted by atomic mass is 9.79. The van der Waals surface area contributed by atoms with E-state index in [1.165, 1.54) is 0 Å². The quantitative estimate of drug-likeness (QED) is 0.361. The number of rotatable bonds is 8. The molecule has 0 aromatic rings. The molecule has 0 aromatic carbocycles. The second kappa shape index (κ2) is 10.4. The van der Waals surface area contributed by atoms with Crippen molar-refractivity contribution in [3.8, 4) is 0 Å². The normalized spacial score (nSPS) is 32.0. The molecule has 0 bridgehead atoms. The summed E-state index contributed by atoms with van der Waals surface area (Å²) >= 11 is 7.68. The number of alkyl halides is 1. The van der Waals surface area contributed by atoms with Gasteiger partial charge in [0.15, 0.2) is 0 Å². The van der Waals surface area contributed by atoms with E-state index in [0.717, 1.165) is 31.4 Å². The lowest BCUT2D eigenvalue weighted by Crippen LogP contribution is -2.36. The Morgan fingerprint density at radius 3 is 2.23 bits per heavy atom. The Hall–Kier alpha value is -0.950. The topological polar surface area (TPSA) is 101 Å². The highest BCUT2D eigenvalue weighted by Gasteiger charge is 2.39. The summed E-state index contributed by atoms with van der Waals surface area (Å²) < 4.78 is 5.47. The predicted octanol–water partition coefficient (Wildman–Crippen LogP) is 3.55. The third kappa shape index (κ3) is 6.65. The number of halogens is 1. The van der Waals surface area contributed by atoms with Gasteiger partial charge < -0.3 is 14.9 Å². The van der Waals surface area contributed by atoms with Crippen molar-refractivity contribution in [3.05, 3.63) is 0 Å². The molecular formula is C18H27ClO6S. The summed E-state index contributed by atoms with van der Waals surface area (Å²) in [6.07, 6.45) is 5.96. The van der Waals surface area contributed by atoms with E-state index in [2.05, 4.69) is 0 Å². The molecular weight excluding hydrogens is 380 g/mol. The summed E-state index contributed by atoms with van der Waals surface area (Å²) in [6.45, 7) is 0. The van der Waals surface area contributed by atoms with Gasteiger partial charge in [-0.3, -0.25) is 14.4 Å². The maximum Gasteiger partial charge on any atom is 0.307 e. The first-order chi connectivity index (χ1) is 12.4. The van der Waals surface area contributed by atoms with Crippen molar-refractivity contribution in [2.75, 3.05) is 5.75 Å². The van der Waals surface area contributed by atoms with Crippen LogP contribution in [0.1, 0.15) is 57.8 Å². The number of carbonyl (C=O) groups is 3. The van der Waals surface area contributed by atoms with Crippen molar-refractivity contribution in [1.29, 1.82) is 0 Å². The molecule has 0 radical (unpaired) electrons. The third-order valence-corrected chi connectivity index (χ3v) is 7.08. The van der Waals surface area contributed by atoms with Crippen LogP contribution >= 0.6 is 23.4 Å². The Bertz CT molecular complexity index is 506. The zero-order valence-electron chi connectivity index (χ0n) is 14.8. The Kier molecular flexibility index (Phi) is 8.54. The van der Waals surface area contributed by atoms with Gasteiger partial charge in [0.05, 0.1) is 11.8 Å². The summed E-state index contributed by atoms with van der Waals surface area (Å²) in [5.41, 5.74) is 0. The van der Waals surface area contributed by atoms with Gasteiger partial charge >= 0.3 is 17.9 Å². The molecule has 2 N–H and O–H groups in total. The van der Waals surface area contributed by atoms with Crippen molar-refractivity contribution < 1.29 is 29.3 Å². The van der Waals surface area contributed by atoms with Crippen LogP contribution in [-0.2, 0) is 19.1 Å². The Balaban J connectivity index is 1.63. The molecule has 2 saturated carbocycles. The molecule has 2 aliphatic rings. The van der Waals surface area contributed by atoms with Crippen LogP contribution in [0.3, 0.4) is 0 Å². The molecule has 2 fully saturated rings. The number of esters is 1. The molecule has 3 unspecified atom stereocenters. The van der Waals surface area contributed by atoms with Crippen LogP contribution < -0.4 is 0 Å². The Labute approximate surface area is 163 Å². The zero-order valence-corrected chi connectivity index (χ0v) is 16.3. The lowest BCUT2D eigenvalue weighted by Gasteiger charge is -2.31. The van der Waals surface area contributed by atoms with Crippen LogP contribution in [0.5, 0.6) is 0 Å².